The van der Waals surface area contributed by atoms with Gasteiger partial charge in [0.15, 0.2) is 0 Å². The van der Waals surface area contributed by atoms with Gasteiger partial charge >= 0.3 is 6.18 Å². The van der Waals surface area contributed by atoms with Crippen molar-refractivity contribution in [2.45, 2.75) is 17.6 Å². The minimum Gasteiger partial charge on any atom is -0.376 e. The molecule has 0 aliphatic rings. The molecule has 0 fully saturated rings. The van der Waals surface area contributed by atoms with Crippen molar-refractivity contribution in [2.24, 2.45) is 0 Å². The van der Waals surface area contributed by atoms with Crippen LogP contribution in [0, 0.1) is 0 Å². The molecule has 2 aromatic carbocycles. The Hall–Kier alpha value is -2.30. The number of benzene rings is 2. The van der Waals surface area contributed by atoms with Crippen molar-refractivity contribution in [3.8, 4) is 0 Å². The zero-order valence-electron chi connectivity index (χ0n) is 15.5. The van der Waals surface area contributed by atoms with E-state index >= 15 is 0 Å². The summed E-state index contributed by atoms with van der Waals surface area (Å²) in [4.78, 5) is 12.1. The van der Waals surface area contributed by atoms with E-state index in [9.17, 15) is 26.4 Å². The van der Waals surface area contributed by atoms with Gasteiger partial charge in [0.25, 0.3) is 0 Å². The van der Waals surface area contributed by atoms with E-state index in [1.807, 2.05) is 0 Å². The average Bonchev–Trinajstić information content (AvgIpc) is 2.64. The van der Waals surface area contributed by atoms with Crippen LogP contribution in [-0.4, -0.2) is 39.3 Å². The number of rotatable bonds is 7. The summed E-state index contributed by atoms with van der Waals surface area (Å²) in [7, 11) is -0.889. The molecular weight excluding hydrogens is 431 g/mol. The second-order valence-electron chi connectivity index (χ2n) is 6.22. The van der Waals surface area contributed by atoms with E-state index in [0.29, 0.717) is 5.56 Å². The average molecular weight is 450 g/mol. The lowest BCUT2D eigenvalue weighted by atomic mass is 10.2. The van der Waals surface area contributed by atoms with Gasteiger partial charge in [0.2, 0.25) is 15.9 Å². The molecule has 0 aliphatic heterocycles. The molecule has 0 bridgehead atoms. The minimum atomic E-state index is -4.61. The lowest BCUT2D eigenvalue weighted by molar-refractivity contribution is -0.137. The van der Waals surface area contributed by atoms with Gasteiger partial charge in [-0.2, -0.15) is 13.2 Å². The van der Waals surface area contributed by atoms with Gasteiger partial charge in [-0.05, 0) is 29.8 Å². The van der Waals surface area contributed by atoms with Crippen molar-refractivity contribution in [3.05, 3.63) is 58.6 Å². The fraction of sp³-hybridized carbons (Fsp3) is 0.278. The number of nitrogens with zero attached hydrogens (tertiary/aromatic N) is 1. The normalized spacial score (nSPS) is 12.1. The summed E-state index contributed by atoms with van der Waals surface area (Å²) in [6.45, 7) is -0.361. The van der Waals surface area contributed by atoms with E-state index in [4.69, 9.17) is 11.6 Å². The highest BCUT2D eigenvalue weighted by Crippen LogP contribution is 2.36. The van der Waals surface area contributed by atoms with Crippen LogP contribution in [0.2, 0.25) is 5.02 Å². The quantitative estimate of drug-likeness (QED) is 0.679. The number of amides is 1. The van der Waals surface area contributed by atoms with Crippen molar-refractivity contribution in [1.29, 1.82) is 0 Å². The van der Waals surface area contributed by atoms with E-state index in [1.54, 1.807) is 18.2 Å². The van der Waals surface area contributed by atoms with Crippen molar-refractivity contribution in [1.82, 2.24) is 9.62 Å². The molecule has 0 saturated carbocycles. The number of nitrogens with one attached hydrogen (secondary N) is 2. The van der Waals surface area contributed by atoms with Gasteiger partial charge in [0, 0.05) is 26.3 Å². The summed E-state index contributed by atoms with van der Waals surface area (Å²) in [6, 6.07) is 9.44. The molecule has 2 N–H and O–H groups in total. The van der Waals surface area contributed by atoms with Gasteiger partial charge in [-0.3, -0.25) is 4.79 Å². The second kappa shape index (κ2) is 9.02. The highest BCUT2D eigenvalue weighted by atomic mass is 35.5. The number of hydrogen-bond acceptors (Lipinski definition) is 4. The lowest BCUT2D eigenvalue weighted by Gasteiger charge is -2.16. The van der Waals surface area contributed by atoms with E-state index in [0.717, 1.165) is 16.4 Å². The Kier molecular flexibility index (Phi) is 7.15. The predicted octanol–water partition coefficient (Wildman–Crippen LogP) is 3.34. The van der Waals surface area contributed by atoms with Crippen molar-refractivity contribution < 1.29 is 26.4 Å². The van der Waals surface area contributed by atoms with Crippen LogP contribution in [0.25, 0.3) is 0 Å². The van der Waals surface area contributed by atoms with Crippen LogP contribution in [0.5, 0.6) is 0 Å². The fourth-order valence-electron chi connectivity index (χ4n) is 2.39. The van der Waals surface area contributed by atoms with Gasteiger partial charge < -0.3 is 10.6 Å². The third-order valence-electron chi connectivity index (χ3n) is 3.93. The molecule has 2 aromatic rings. The third kappa shape index (κ3) is 5.84. The number of carbonyl (C=O) groups excluding carboxylic acids is 1. The molecule has 0 radical (unpaired) electrons. The minimum absolute atomic E-state index is 0.0574. The molecule has 11 heteroatoms. The van der Waals surface area contributed by atoms with E-state index in [1.165, 1.54) is 26.2 Å². The zero-order chi connectivity index (χ0) is 21.8. The van der Waals surface area contributed by atoms with Gasteiger partial charge in [-0.1, -0.05) is 29.8 Å². The van der Waals surface area contributed by atoms with Gasteiger partial charge in [-0.15, -0.1) is 0 Å². The predicted molar refractivity (Wildman–Crippen MR) is 104 cm³/mol. The van der Waals surface area contributed by atoms with Gasteiger partial charge in [0.05, 0.1) is 22.0 Å². The molecule has 158 valence electrons. The van der Waals surface area contributed by atoms with E-state index < -0.39 is 32.7 Å². The topological polar surface area (TPSA) is 78.5 Å². The largest absolute Gasteiger partial charge is 0.417 e. The van der Waals surface area contributed by atoms with Crippen molar-refractivity contribution >= 4 is 33.2 Å². The van der Waals surface area contributed by atoms with Crippen LogP contribution in [0.4, 0.5) is 18.9 Å². The van der Waals surface area contributed by atoms with E-state index in [2.05, 4.69) is 10.6 Å². The fourth-order valence-corrected chi connectivity index (χ4v) is 3.73. The molecule has 29 heavy (non-hydrogen) atoms. The van der Waals surface area contributed by atoms with Crippen LogP contribution >= 0.6 is 11.6 Å². The Balaban J connectivity index is 2.02. The molecule has 6 nitrogen and oxygen atoms in total. The maximum atomic E-state index is 12.9. The number of sulfonamides is 1. The summed E-state index contributed by atoms with van der Waals surface area (Å²) in [5.74, 6) is -0.523. The van der Waals surface area contributed by atoms with Crippen molar-refractivity contribution in [2.75, 3.05) is 26.0 Å². The first-order valence-corrected chi connectivity index (χ1v) is 10.1. The van der Waals surface area contributed by atoms with Crippen molar-refractivity contribution in [3.63, 3.8) is 0 Å². The zero-order valence-corrected chi connectivity index (χ0v) is 17.1. The Morgan fingerprint density at radius 3 is 2.41 bits per heavy atom. The highest BCUT2D eigenvalue weighted by Gasteiger charge is 2.33. The summed E-state index contributed by atoms with van der Waals surface area (Å²) in [6.07, 6.45) is -4.61. The SMILES string of the molecule is CN(C)S(=O)(=O)c1ccccc1CNC(=O)CNc1ccc(Cl)c(C(F)(F)F)c1. The molecular formula is C18H19ClF3N3O3S. The molecule has 0 spiro atoms. The molecule has 0 aromatic heterocycles. The lowest BCUT2D eigenvalue weighted by Crippen LogP contribution is -2.31. The van der Waals surface area contributed by atoms with Crippen LogP contribution in [0.1, 0.15) is 11.1 Å². The molecule has 0 aliphatic carbocycles. The maximum Gasteiger partial charge on any atom is 0.417 e. The summed E-state index contributed by atoms with van der Waals surface area (Å²) < 4.78 is 64.4. The van der Waals surface area contributed by atoms with Crippen LogP contribution in [-0.2, 0) is 27.5 Å². The third-order valence-corrected chi connectivity index (χ3v) is 6.18. The van der Waals surface area contributed by atoms with Crippen LogP contribution < -0.4 is 10.6 Å². The Bertz CT molecular complexity index is 995. The number of anilines is 1. The molecule has 0 saturated heterocycles. The molecule has 1 amide bonds. The highest BCUT2D eigenvalue weighted by molar-refractivity contribution is 7.89. The monoisotopic (exact) mass is 449 g/mol. The number of hydrogen-bond donors (Lipinski definition) is 2. The second-order valence-corrected chi connectivity index (χ2v) is 8.75. The smallest absolute Gasteiger partial charge is 0.376 e. The summed E-state index contributed by atoms with van der Waals surface area (Å²) >= 11 is 5.56. The Labute approximate surface area is 171 Å². The first-order valence-electron chi connectivity index (χ1n) is 8.30. The van der Waals surface area contributed by atoms with Crippen LogP contribution in [0.15, 0.2) is 47.4 Å². The molecule has 0 atom stereocenters. The number of carbonyl (C=O) groups is 1. The first-order chi connectivity index (χ1) is 13.4. The Morgan fingerprint density at radius 2 is 1.79 bits per heavy atom. The number of alkyl halides is 3. The van der Waals surface area contributed by atoms with Gasteiger partial charge in [-0.25, -0.2) is 12.7 Å². The summed E-state index contributed by atoms with van der Waals surface area (Å²) in [5, 5.41) is 4.69. The Morgan fingerprint density at radius 1 is 1.14 bits per heavy atom. The first kappa shape index (κ1) is 23.0. The maximum absolute atomic E-state index is 12.9. The van der Waals surface area contributed by atoms with Crippen LogP contribution in [0.3, 0.4) is 0 Å². The number of halogens is 4. The molecule has 0 unspecified atom stereocenters. The summed E-state index contributed by atoms with van der Waals surface area (Å²) in [5.41, 5.74) is -0.541. The molecule has 0 heterocycles. The molecule has 2 rings (SSSR count). The standard InChI is InChI=1S/C18H19ClF3N3O3S/c1-25(2)29(27,28)16-6-4-3-5-12(16)10-24-17(26)11-23-13-7-8-15(19)14(9-13)18(20,21)22/h3-9,23H,10-11H2,1-2H3,(H,24,26). The van der Waals surface area contributed by atoms with Gasteiger partial charge in [0.1, 0.15) is 0 Å². The van der Waals surface area contributed by atoms with E-state index in [-0.39, 0.29) is 23.7 Å².